The van der Waals surface area contributed by atoms with Crippen LogP contribution in [0.1, 0.15) is 36.8 Å². The molecule has 1 aliphatic carbocycles. The summed E-state index contributed by atoms with van der Waals surface area (Å²) in [7, 11) is -0.646. The van der Waals surface area contributed by atoms with E-state index in [9.17, 15) is 18.0 Å². The maximum absolute atomic E-state index is 13.1. The van der Waals surface area contributed by atoms with Gasteiger partial charge in [0.05, 0.1) is 17.9 Å². The number of rotatable bonds is 6. The van der Waals surface area contributed by atoms with E-state index in [1.165, 1.54) is 26.7 Å². The predicted octanol–water partition coefficient (Wildman–Crippen LogP) is 0.119. The van der Waals surface area contributed by atoms with Gasteiger partial charge in [-0.3, -0.25) is 18.6 Å². The third kappa shape index (κ3) is 3.27. The third-order valence-electron chi connectivity index (χ3n) is 5.08. The summed E-state index contributed by atoms with van der Waals surface area (Å²) in [5.74, 6) is 0. The van der Waals surface area contributed by atoms with Gasteiger partial charge in [-0.15, -0.1) is 0 Å². The minimum atomic E-state index is -3.64. The van der Waals surface area contributed by atoms with Crippen LogP contribution in [-0.2, 0) is 30.7 Å². The molecule has 2 aromatic heterocycles. The molecule has 0 amide bonds. The third-order valence-corrected chi connectivity index (χ3v) is 7.37. The molecule has 3 rings (SSSR count). The molecule has 0 bridgehead atoms. The van der Waals surface area contributed by atoms with E-state index in [0.29, 0.717) is 23.6 Å². The number of aryl methyl sites for hydroxylation is 1. The molecule has 27 heavy (non-hydrogen) atoms. The molecule has 2 aromatic rings. The molecule has 0 N–H and O–H groups in total. The summed E-state index contributed by atoms with van der Waals surface area (Å²) >= 11 is 0. The van der Waals surface area contributed by atoms with Gasteiger partial charge in [-0.2, -0.15) is 9.40 Å². The summed E-state index contributed by atoms with van der Waals surface area (Å²) in [5.41, 5.74) is 0.540. The Morgan fingerprint density at radius 1 is 1.19 bits per heavy atom. The Morgan fingerprint density at radius 2 is 1.81 bits per heavy atom. The average molecular weight is 395 g/mol. The Bertz CT molecular complexity index is 1110. The molecule has 0 spiro atoms. The number of sulfonamides is 1. The summed E-state index contributed by atoms with van der Waals surface area (Å²) in [6.07, 6.45) is 1.77. The molecule has 0 aliphatic heterocycles. The second kappa shape index (κ2) is 6.75. The van der Waals surface area contributed by atoms with Crippen molar-refractivity contribution in [1.82, 2.24) is 23.2 Å². The standard InChI is InChI=1S/C17H25N5O4S/c1-6-22(13-7-8-13)27(25,26)16-11(2)18-21(12(16)3)10-14-9-15(23)20(5)17(24)19(14)4/h9,13H,6-8,10H2,1-5H3. The SMILES string of the molecule is CCN(C1CC1)S(=O)(=O)c1c(C)nn(Cc2cc(=O)n(C)c(=O)n2C)c1C. The fourth-order valence-corrected chi connectivity index (χ4v) is 5.47. The largest absolute Gasteiger partial charge is 0.330 e. The van der Waals surface area contributed by atoms with Crippen LogP contribution < -0.4 is 11.2 Å². The highest BCUT2D eigenvalue weighted by molar-refractivity contribution is 7.89. The second-order valence-corrected chi connectivity index (χ2v) is 8.80. The van der Waals surface area contributed by atoms with Crippen LogP contribution in [0.15, 0.2) is 20.6 Å². The van der Waals surface area contributed by atoms with E-state index in [1.54, 1.807) is 20.9 Å². The van der Waals surface area contributed by atoms with Crippen molar-refractivity contribution < 1.29 is 8.42 Å². The van der Waals surface area contributed by atoms with Crippen LogP contribution in [0, 0.1) is 13.8 Å². The first-order valence-electron chi connectivity index (χ1n) is 8.91. The first-order valence-corrected chi connectivity index (χ1v) is 10.3. The van der Waals surface area contributed by atoms with Gasteiger partial charge in [0.2, 0.25) is 10.0 Å². The van der Waals surface area contributed by atoms with Crippen molar-refractivity contribution in [2.24, 2.45) is 14.1 Å². The summed E-state index contributed by atoms with van der Waals surface area (Å²) in [6, 6.07) is 1.44. The molecule has 10 heteroatoms. The van der Waals surface area contributed by atoms with Gasteiger partial charge in [0.15, 0.2) is 0 Å². The zero-order chi connectivity index (χ0) is 20.1. The van der Waals surface area contributed by atoms with Crippen molar-refractivity contribution in [2.75, 3.05) is 6.54 Å². The van der Waals surface area contributed by atoms with Crippen LogP contribution >= 0.6 is 0 Å². The van der Waals surface area contributed by atoms with Gasteiger partial charge in [-0.1, -0.05) is 6.92 Å². The molecule has 9 nitrogen and oxygen atoms in total. The number of hydrogen-bond donors (Lipinski definition) is 0. The lowest BCUT2D eigenvalue weighted by Crippen LogP contribution is -2.38. The van der Waals surface area contributed by atoms with Crippen molar-refractivity contribution in [1.29, 1.82) is 0 Å². The Morgan fingerprint density at radius 3 is 2.37 bits per heavy atom. The minimum Gasteiger partial charge on any atom is -0.299 e. The topological polar surface area (TPSA) is 99.2 Å². The summed E-state index contributed by atoms with van der Waals surface area (Å²) in [4.78, 5) is 24.3. The van der Waals surface area contributed by atoms with Gasteiger partial charge in [0.1, 0.15) is 4.90 Å². The van der Waals surface area contributed by atoms with Crippen LogP contribution in [-0.4, -0.2) is 44.2 Å². The van der Waals surface area contributed by atoms with Crippen molar-refractivity contribution in [2.45, 2.75) is 51.1 Å². The minimum absolute atomic E-state index is 0.0696. The number of hydrogen-bond acceptors (Lipinski definition) is 5. The fourth-order valence-electron chi connectivity index (χ4n) is 3.40. The molecule has 0 atom stereocenters. The lowest BCUT2D eigenvalue weighted by molar-refractivity contribution is 0.420. The molecule has 148 valence electrons. The number of aromatic nitrogens is 4. The van der Waals surface area contributed by atoms with Crippen molar-refractivity contribution in [3.05, 3.63) is 44.0 Å². The smallest absolute Gasteiger partial charge is 0.299 e. The molecule has 1 fully saturated rings. The highest BCUT2D eigenvalue weighted by Gasteiger charge is 2.39. The normalized spacial score (nSPS) is 14.9. The molecule has 2 heterocycles. The molecule has 1 saturated carbocycles. The Balaban J connectivity index is 2.05. The van der Waals surface area contributed by atoms with Gasteiger partial charge in [0, 0.05) is 38.4 Å². The van der Waals surface area contributed by atoms with E-state index in [1.807, 2.05) is 6.92 Å². The van der Waals surface area contributed by atoms with Gasteiger partial charge in [0.25, 0.3) is 5.56 Å². The first-order chi connectivity index (χ1) is 12.6. The van der Waals surface area contributed by atoms with Crippen LogP contribution in [0.3, 0.4) is 0 Å². The van der Waals surface area contributed by atoms with E-state index < -0.39 is 21.3 Å². The summed E-state index contributed by atoms with van der Waals surface area (Å²) in [5, 5.41) is 4.38. The van der Waals surface area contributed by atoms with Crippen molar-refractivity contribution in [3.63, 3.8) is 0 Å². The van der Waals surface area contributed by atoms with Crippen LogP contribution in [0.5, 0.6) is 0 Å². The Hall–Kier alpha value is -2.20. The van der Waals surface area contributed by atoms with E-state index in [4.69, 9.17) is 0 Å². The second-order valence-electron chi connectivity index (χ2n) is 6.97. The molecule has 0 radical (unpaired) electrons. The summed E-state index contributed by atoms with van der Waals surface area (Å²) in [6.45, 7) is 5.76. The van der Waals surface area contributed by atoms with Crippen LogP contribution in [0.25, 0.3) is 0 Å². The zero-order valence-corrected chi connectivity index (χ0v) is 17.1. The lowest BCUT2D eigenvalue weighted by Gasteiger charge is -2.20. The van der Waals surface area contributed by atoms with Gasteiger partial charge in [-0.05, 0) is 26.7 Å². The average Bonchev–Trinajstić information content (AvgIpc) is 3.37. The quantitative estimate of drug-likeness (QED) is 0.692. The van der Waals surface area contributed by atoms with Crippen LogP contribution in [0.2, 0.25) is 0 Å². The zero-order valence-electron chi connectivity index (χ0n) is 16.3. The lowest BCUT2D eigenvalue weighted by atomic mass is 10.3. The fraction of sp³-hybridized carbons (Fsp3) is 0.588. The van der Waals surface area contributed by atoms with Gasteiger partial charge < -0.3 is 0 Å². The molecular formula is C17H25N5O4S. The maximum atomic E-state index is 13.1. The highest BCUT2D eigenvalue weighted by Crippen LogP contribution is 2.33. The molecular weight excluding hydrogens is 370 g/mol. The van der Waals surface area contributed by atoms with E-state index >= 15 is 0 Å². The predicted molar refractivity (Wildman–Crippen MR) is 100 cm³/mol. The van der Waals surface area contributed by atoms with Gasteiger partial charge in [-0.25, -0.2) is 13.2 Å². The molecule has 1 aliphatic rings. The highest BCUT2D eigenvalue weighted by atomic mass is 32.2. The molecule has 0 unspecified atom stereocenters. The molecule has 0 aromatic carbocycles. The first kappa shape index (κ1) is 19.6. The van der Waals surface area contributed by atoms with Crippen molar-refractivity contribution in [3.8, 4) is 0 Å². The van der Waals surface area contributed by atoms with E-state index in [0.717, 1.165) is 17.4 Å². The van der Waals surface area contributed by atoms with Gasteiger partial charge >= 0.3 is 5.69 Å². The molecule has 0 saturated heterocycles. The maximum Gasteiger partial charge on any atom is 0.330 e. The van der Waals surface area contributed by atoms with E-state index in [2.05, 4.69) is 5.10 Å². The number of nitrogens with zero attached hydrogens (tertiary/aromatic N) is 5. The Kier molecular flexibility index (Phi) is 4.89. The Labute approximate surface area is 157 Å². The van der Waals surface area contributed by atoms with Crippen molar-refractivity contribution >= 4 is 10.0 Å². The van der Waals surface area contributed by atoms with E-state index in [-0.39, 0.29) is 17.5 Å². The summed E-state index contributed by atoms with van der Waals surface area (Å²) < 4.78 is 31.7. The monoisotopic (exact) mass is 395 g/mol. The van der Waals surface area contributed by atoms with Crippen LogP contribution in [0.4, 0.5) is 0 Å².